The van der Waals surface area contributed by atoms with Crippen molar-refractivity contribution >= 4 is 0 Å². The van der Waals surface area contributed by atoms with Gasteiger partial charge in [-0.3, -0.25) is 0 Å². The maximum absolute atomic E-state index is 5.93. The second-order valence-corrected chi connectivity index (χ2v) is 5.76. The molecule has 0 aromatic heterocycles. The SMILES string of the molecule is CCCOc1ccc(C2CCCNC2)cc1OC(C)C. The molecule has 20 heavy (non-hydrogen) atoms. The third-order valence-corrected chi connectivity index (χ3v) is 3.56. The van der Waals surface area contributed by atoms with E-state index in [-0.39, 0.29) is 6.10 Å². The summed E-state index contributed by atoms with van der Waals surface area (Å²) in [6.45, 7) is 9.17. The van der Waals surface area contributed by atoms with E-state index in [0.717, 1.165) is 37.6 Å². The number of benzene rings is 1. The van der Waals surface area contributed by atoms with Crippen molar-refractivity contribution in [1.29, 1.82) is 0 Å². The van der Waals surface area contributed by atoms with E-state index in [4.69, 9.17) is 9.47 Å². The molecule has 1 aliphatic rings. The molecule has 0 aliphatic carbocycles. The van der Waals surface area contributed by atoms with E-state index < -0.39 is 0 Å². The smallest absolute Gasteiger partial charge is 0.161 e. The molecule has 1 N–H and O–H groups in total. The van der Waals surface area contributed by atoms with Gasteiger partial charge in [0, 0.05) is 6.54 Å². The highest BCUT2D eigenvalue weighted by Crippen LogP contribution is 2.34. The summed E-state index contributed by atoms with van der Waals surface area (Å²) in [7, 11) is 0. The molecule has 1 unspecified atom stereocenters. The second-order valence-electron chi connectivity index (χ2n) is 5.76. The van der Waals surface area contributed by atoms with E-state index >= 15 is 0 Å². The summed E-state index contributed by atoms with van der Waals surface area (Å²) in [5.74, 6) is 2.35. The van der Waals surface area contributed by atoms with Crippen molar-refractivity contribution < 1.29 is 9.47 Å². The van der Waals surface area contributed by atoms with Crippen molar-refractivity contribution in [2.45, 2.75) is 52.1 Å². The summed E-state index contributed by atoms with van der Waals surface area (Å²) in [6.07, 6.45) is 3.68. The lowest BCUT2D eigenvalue weighted by atomic mass is 9.91. The molecule has 0 saturated carbocycles. The molecule has 1 atom stereocenters. The van der Waals surface area contributed by atoms with Gasteiger partial charge in [0.05, 0.1) is 12.7 Å². The highest BCUT2D eigenvalue weighted by Gasteiger charge is 2.17. The number of nitrogens with one attached hydrogen (secondary N) is 1. The molecule has 2 rings (SSSR count). The molecule has 1 aliphatic heterocycles. The fourth-order valence-corrected chi connectivity index (χ4v) is 2.59. The largest absolute Gasteiger partial charge is 0.490 e. The minimum atomic E-state index is 0.165. The summed E-state index contributed by atoms with van der Waals surface area (Å²) in [6, 6.07) is 6.43. The highest BCUT2D eigenvalue weighted by molar-refractivity contribution is 5.44. The predicted molar refractivity (Wildman–Crippen MR) is 82.8 cm³/mol. The first-order valence-corrected chi connectivity index (χ1v) is 7.84. The normalized spacial score (nSPS) is 19.1. The van der Waals surface area contributed by atoms with Crippen LogP contribution in [0.3, 0.4) is 0 Å². The lowest BCUT2D eigenvalue weighted by molar-refractivity contribution is 0.220. The van der Waals surface area contributed by atoms with E-state index in [0.29, 0.717) is 5.92 Å². The monoisotopic (exact) mass is 277 g/mol. The Labute approximate surface area is 122 Å². The van der Waals surface area contributed by atoms with Crippen LogP contribution in [0, 0.1) is 0 Å². The number of hydrogen-bond acceptors (Lipinski definition) is 3. The zero-order valence-corrected chi connectivity index (χ0v) is 12.9. The molecule has 0 amide bonds. The standard InChI is InChI=1S/C17H27NO2/c1-4-10-19-16-8-7-14(11-17(16)20-13(2)3)15-6-5-9-18-12-15/h7-8,11,13,15,18H,4-6,9-10,12H2,1-3H3. The number of hydrogen-bond donors (Lipinski definition) is 1. The summed E-state index contributed by atoms with van der Waals surface area (Å²) in [5.41, 5.74) is 1.36. The number of ether oxygens (including phenoxy) is 2. The van der Waals surface area contributed by atoms with E-state index in [2.05, 4.69) is 44.3 Å². The van der Waals surface area contributed by atoms with Crippen LogP contribution in [0.5, 0.6) is 11.5 Å². The van der Waals surface area contributed by atoms with Crippen molar-refractivity contribution in [1.82, 2.24) is 5.32 Å². The van der Waals surface area contributed by atoms with Gasteiger partial charge in [-0.2, -0.15) is 0 Å². The number of rotatable bonds is 6. The van der Waals surface area contributed by atoms with Gasteiger partial charge < -0.3 is 14.8 Å². The summed E-state index contributed by atoms with van der Waals surface area (Å²) >= 11 is 0. The third kappa shape index (κ3) is 4.14. The van der Waals surface area contributed by atoms with Crippen LogP contribution >= 0.6 is 0 Å². The Morgan fingerprint density at radius 1 is 1.30 bits per heavy atom. The maximum Gasteiger partial charge on any atom is 0.161 e. The zero-order valence-electron chi connectivity index (χ0n) is 12.9. The molecular formula is C17H27NO2. The van der Waals surface area contributed by atoms with Crippen molar-refractivity contribution in [3.05, 3.63) is 23.8 Å². The lowest BCUT2D eigenvalue weighted by Gasteiger charge is -2.24. The van der Waals surface area contributed by atoms with Crippen LogP contribution < -0.4 is 14.8 Å². The molecule has 112 valence electrons. The Kier molecular flexibility index (Phi) is 5.72. The van der Waals surface area contributed by atoms with Crippen molar-refractivity contribution in [2.75, 3.05) is 19.7 Å². The van der Waals surface area contributed by atoms with E-state index in [1.54, 1.807) is 0 Å². The molecule has 0 radical (unpaired) electrons. The molecule has 1 aromatic carbocycles. The summed E-state index contributed by atoms with van der Waals surface area (Å²) in [4.78, 5) is 0. The van der Waals surface area contributed by atoms with Gasteiger partial charge in [0.25, 0.3) is 0 Å². The Morgan fingerprint density at radius 3 is 2.80 bits per heavy atom. The van der Waals surface area contributed by atoms with Crippen LogP contribution in [0.1, 0.15) is 51.5 Å². The van der Waals surface area contributed by atoms with Crippen molar-refractivity contribution in [3.8, 4) is 11.5 Å². The van der Waals surface area contributed by atoms with Crippen LogP contribution in [0.15, 0.2) is 18.2 Å². The molecule has 0 bridgehead atoms. The molecule has 1 saturated heterocycles. The minimum absolute atomic E-state index is 0.165. The average molecular weight is 277 g/mol. The minimum Gasteiger partial charge on any atom is -0.490 e. The molecule has 1 fully saturated rings. The van der Waals surface area contributed by atoms with Crippen LogP contribution in [-0.2, 0) is 0 Å². The van der Waals surface area contributed by atoms with Crippen LogP contribution in [0.2, 0.25) is 0 Å². The van der Waals surface area contributed by atoms with Gasteiger partial charge in [-0.05, 0) is 63.3 Å². The van der Waals surface area contributed by atoms with Crippen LogP contribution in [0.4, 0.5) is 0 Å². The zero-order chi connectivity index (χ0) is 14.4. The average Bonchev–Trinajstić information content (AvgIpc) is 2.46. The second kappa shape index (κ2) is 7.53. The first-order valence-electron chi connectivity index (χ1n) is 7.84. The van der Waals surface area contributed by atoms with Gasteiger partial charge in [0.2, 0.25) is 0 Å². The Bertz CT molecular complexity index is 411. The van der Waals surface area contributed by atoms with Gasteiger partial charge in [-0.15, -0.1) is 0 Å². The maximum atomic E-state index is 5.93. The summed E-state index contributed by atoms with van der Waals surface area (Å²) < 4.78 is 11.7. The molecular weight excluding hydrogens is 250 g/mol. The predicted octanol–water partition coefficient (Wildman–Crippen LogP) is 3.73. The molecule has 1 aromatic rings. The quantitative estimate of drug-likeness (QED) is 0.859. The number of piperidine rings is 1. The molecule has 3 nitrogen and oxygen atoms in total. The Hall–Kier alpha value is -1.22. The van der Waals surface area contributed by atoms with Gasteiger partial charge >= 0.3 is 0 Å². The van der Waals surface area contributed by atoms with E-state index in [1.807, 2.05) is 0 Å². The fourth-order valence-electron chi connectivity index (χ4n) is 2.59. The van der Waals surface area contributed by atoms with Gasteiger partial charge in [0.1, 0.15) is 0 Å². The first kappa shape index (κ1) is 15.2. The Balaban J connectivity index is 2.17. The fraction of sp³-hybridized carbons (Fsp3) is 0.647. The summed E-state index contributed by atoms with van der Waals surface area (Å²) in [5, 5.41) is 3.47. The molecule has 0 spiro atoms. The van der Waals surface area contributed by atoms with Crippen molar-refractivity contribution in [2.24, 2.45) is 0 Å². The topological polar surface area (TPSA) is 30.5 Å². The van der Waals surface area contributed by atoms with Gasteiger partial charge in [-0.25, -0.2) is 0 Å². The first-order chi connectivity index (χ1) is 9.70. The highest BCUT2D eigenvalue weighted by atomic mass is 16.5. The molecule has 1 heterocycles. The van der Waals surface area contributed by atoms with E-state index in [1.165, 1.54) is 18.4 Å². The van der Waals surface area contributed by atoms with Crippen molar-refractivity contribution in [3.63, 3.8) is 0 Å². The van der Waals surface area contributed by atoms with Gasteiger partial charge in [0.15, 0.2) is 11.5 Å². The van der Waals surface area contributed by atoms with Crippen LogP contribution in [0.25, 0.3) is 0 Å². The van der Waals surface area contributed by atoms with E-state index in [9.17, 15) is 0 Å². The lowest BCUT2D eigenvalue weighted by Crippen LogP contribution is -2.28. The van der Waals surface area contributed by atoms with Crippen LogP contribution in [-0.4, -0.2) is 25.8 Å². The molecule has 3 heteroatoms. The third-order valence-electron chi connectivity index (χ3n) is 3.56. The Morgan fingerprint density at radius 2 is 2.15 bits per heavy atom. The van der Waals surface area contributed by atoms with Gasteiger partial charge in [-0.1, -0.05) is 13.0 Å².